The van der Waals surface area contributed by atoms with Crippen LogP contribution in [0.15, 0.2) is 0 Å². The number of esters is 1. The number of unbranched alkanes of at least 4 members (excludes halogenated alkanes) is 20. The van der Waals surface area contributed by atoms with Crippen LogP contribution in [-0.4, -0.2) is 35.6 Å². The van der Waals surface area contributed by atoms with E-state index in [1.54, 1.807) is 0 Å². The van der Waals surface area contributed by atoms with Crippen molar-refractivity contribution in [2.45, 2.75) is 187 Å². The molecule has 0 aromatic carbocycles. The zero-order chi connectivity index (χ0) is 29.7. The van der Waals surface area contributed by atoms with Crippen LogP contribution in [-0.2, 0) is 19.1 Å². The minimum atomic E-state index is -1.12. The Morgan fingerprint density at radius 1 is 0.625 bits per heavy atom. The Hall–Kier alpha value is -1.59. The van der Waals surface area contributed by atoms with E-state index in [4.69, 9.17) is 9.84 Å². The molecular formula is C34H65NO5. The minimum absolute atomic E-state index is 0.269. The smallest absolute Gasteiger partial charge is 0.329 e. The molecule has 0 aliphatic rings. The van der Waals surface area contributed by atoms with Gasteiger partial charge in [0.25, 0.3) is 0 Å². The van der Waals surface area contributed by atoms with E-state index in [-0.39, 0.29) is 12.5 Å². The topological polar surface area (TPSA) is 92.7 Å². The Bertz CT molecular complexity index is 607. The van der Waals surface area contributed by atoms with Crippen LogP contribution >= 0.6 is 0 Å². The maximum Gasteiger partial charge on any atom is 0.329 e. The number of carboxylic acids is 1. The molecule has 6 nitrogen and oxygen atoms in total. The zero-order valence-electron chi connectivity index (χ0n) is 26.6. The number of hydrogen-bond donors (Lipinski definition) is 2. The van der Waals surface area contributed by atoms with E-state index in [2.05, 4.69) is 26.1 Å². The lowest BCUT2D eigenvalue weighted by molar-refractivity contribution is -0.151. The van der Waals surface area contributed by atoms with Crippen molar-refractivity contribution in [1.29, 1.82) is 0 Å². The maximum atomic E-state index is 12.4. The van der Waals surface area contributed by atoms with Crippen molar-refractivity contribution in [3.63, 3.8) is 0 Å². The number of ether oxygens (including phenoxy) is 1. The van der Waals surface area contributed by atoms with E-state index in [9.17, 15) is 14.4 Å². The average Bonchev–Trinajstić information content (AvgIpc) is 2.91. The van der Waals surface area contributed by atoms with E-state index in [0.717, 1.165) is 44.4 Å². The van der Waals surface area contributed by atoms with Gasteiger partial charge in [0.15, 0.2) is 0 Å². The van der Waals surface area contributed by atoms with Crippen molar-refractivity contribution >= 4 is 17.8 Å². The van der Waals surface area contributed by atoms with Gasteiger partial charge < -0.3 is 15.2 Å². The van der Waals surface area contributed by atoms with Gasteiger partial charge in [0.1, 0.15) is 6.04 Å². The molecule has 0 saturated carbocycles. The summed E-state index contributed by atoms with van der Waals surface area (Å²) in [7, 11) is 0. The molecule has 0 spiro atoms. The molecule has 0 aromatic rings. The van der Waals surface area contributed by atoms with Gasteiger partial charge in [-0.3, -0.25) is 9.59 Å². The number of carbonyl (C=O) groups is 3. The summed E-state index contributed by atoms with van der Waals surface area (Å²) in [6, 6.07) is -1.11. The van der Waals surface area contributed by atoms with Gasteiger partial charge in [0.05, 0.1) is 13.0 Å². The molecule has 0 rings (SSSR count). The van der Waals surface area contributed by atoms with Crippen LogP contribution in [0.3, 0.4) is 0 Å². The molecule has 0 bridgehead atoms. The molecule has 2 N–H and O–H groups in total. The molecule has 0 aliphatic carbocycles. The van der Waals surface area contributed by atoms with Crippen LogP contribution in [0.1, 0.15) is 181 Å². The second-order valence-corrected chi connectivity index (χ2v) is 12.2. The first kappa shape index (κ1) is 38.4. The summed E-state index contributed by atoms with van der Waals surface area (Å²) in [5.74, 6) is -1.20. The summed E-state index contributed by atoms with van der Waals surface area (Å²) in [6.45, 7) is 7.10. The molecule has 40 heavy (non-hydrogen) atoms. The largest absolute Gasteiger partial charge is 0.481 e. The van der Waals surface area contributed by atoms with E-state index < -0.39 is 24.4 Å². The van der Waals surface area contributed by atoms with Gasteiger partial charge in [-0.1, -0.05) is 156 Å². The molecular weight excluding hydrogens is 502 g/mol. The molecule has 0 aromatic heterocycles. The molecule has 0 radical (unpaired) electrons. The predicted molar refractivity (Wildman–Crippen MR) is 166 cm³/mol. The number of amides is 1. The molecule has 236 valence electrons. The van der Waals surface area contributed by atoms with Gasteiger partial charge in [-0.05, 0) is 18.8 Å². The lowest BCUT2D eigenvalue weighted by Crippen LogP contribution is -2.43. The first-order valence-corrected chi connectivity index (χ1v) is 17.0. The Labute approximate surface area is 247 Å². The van der Waals surface area contributed by atoms with Crippen LogP contribution in [0.25, 0.3) is 0 Å². The van der Waals surface area contributed by atoms with Crippen LogP contribution in [0.5, 0.6) is 0 Å². The molecule has 0 saturated heterocycles. The van der Waals surface area contributed by atoms with Gasteiger partial charge in [-0.15, -0.1) is 0 Å². The van der Waals surface area contributed by atoms with Gasteiger partial charge in [-0.25, -0.2) is 4.79 Å². The molecule has 0 unspecified atom stereocenters. The number of carbonyl (C=O) groups excluding carboxylic acids is 2. The summed E-state index contributed by atoms with van der Waals surface area (Å²) in [4.78, 5) is 35.9. The molecule has 0 fully saturated rings. The Kier molecular flexibility index (Phi) is 27.8. The van der Waals surface area contributed by atoms with E-state index in [1.165, 1.54) is 109 Å². The quantitative estimate of drug-likeness (QED) is 0.0666. The van der Waals surface area contributed by atoms with Crippen molar-refractivity contribution in [2.75, 3.05) is 6.61 Å². The molecule has 1 atom stereocenters. The summed E-state index contributed by atoms with van der Waals surface area (Å²) in [5, 5.41) is 11.8. The summed E-state index contributed by atoms with van der Waals surface area (Å²) < 4.78 is 5.31. The maximum absolute atomic E-state index is 12.4. The number of rotatable bonds is 30. The first-order chi connectivity index (χ1) is 19.4. The van der Waals surface area contributed by atoms with E-state index >= 15 is 0 Å². The average molecular weight is 568 g/mol. The summed E-state index contributed by atoms with van der Waals surface area (Å²) in [5.41, 5.74) is 0. The van der Waals surface area contributed by atoms with Crippen molar-refractivity contribution < 1.29 is 24.2 Å². The summed E-state index contributed by atoms with van der Waals surface area (Å²) >= 11 is 0. The fraction of sp³-hybridized carbons (Fsp3) is 0.912. The van der Waals surface area contributed by atoms with E-state index in [1.807, 2.05) is 0 Å². The standard InChI is InChI=1S/C34H65NO5/c1-4-5-6-7-8-9-11-15-18-21-24-27-32(36)35-31(29-33(37)38)34(39)40-28-25-22-19-16-13-10-12-14-17-20-23-26-30(2)3/h30-31H,4-29H2,1-3H3,(H,35,36)(H,37,38)/t31-/m0/s1. The van der Waals surface area contributed by atoms with Crippen molar-refractivity contribution in [1.82, 2.24) is 5.32 Å². The van der Waals surface area contributed by atoms with E-state index in [0.29, 0.717) is 6.42 Å². The van der Waals surface area contributed by atoms with Crippen LogP contribution in [0.2, 0.25) is 0 Å². The van der Waals surface area contributed by atoms with Gasteiger partial charge in [0, 0.05) is 6.42 Å². The van der Waals surface area contributed by atoms with Gasteiger partial charge in [-0.2, -0.15) is 0 Å². The highest BCUT2D eigenvalue weighted by Gasteiger charge is 2.25. The highest BCUT2D eigenvalue weighted by molar-refractivity contribution is 5.87. The second kappa shape index (κ2) is 28.9. The monoisotopic (exact) mass is 567 g/mol. The van der Waals surface area contributed by atoms with Crippen LogP contribution in [0, 0.1) is 5.92 Å². The minimum Gasteiger partial charge on any atom is -0.481 e. The lowest BCUT2D eigenvalue weighted by Gasteiger charge is -2.16. The fourth-order valence-electron chi connectivity index (χ4n) is 5.10. The fourth-order valence-corrected chi connectivity index (χ4v) is 5.10. The van der Waals surface area contributed by atoms with Gasteiger partial charge in [0.2, 0.25) is 5.91 Å². The highest BCUT2D eigenvalue weighted by Crippen LogP contribution is 2.14. The Morgan fingerprint density at radius 3 is 1.50 bits per heavy atom. The second-order valence-electron chi connectivity index (χ2n) is 12.2. The summed E-state index contributed by atoms with van der Waals surface area (Å²) in [6.07, 6.45) is 27.9. The Balaban J connectivity index is 3.80. The third-order valence-electron chi connectivity index (χ3n) is 7.68. The van der Waals surface area contributed by atoms with Crippen LogP contribution < -0.4 is 5.32 Å². The van der Waals surface area contributed by atoms with Crippen molar-refractivity contribution in [3.05, 3.63) is 0 Å². The molecule has 1 amide bonds. The Morgan fingerprint density at radius 2 is 1.05 bits per heavy atom. The molecule has 0 heterocycles. The number of carboxylic acid groups (broad SMARTS) is 1. The lowest BCUT2D eigenvalue weighted by atomic mass is 10.0. The number of aliphatic carboxylic acids is 1. The molecule has 0 aliphatic heterocycles. The normalized spacial score (nSPS) is 12.0. The SMILES string of the molecule is CCCCCCCCCCCCCC(=O)N[C@@H](CC(=O)O)C(=O)OCCCCCCCCCCCCCC(C)C. The van der Waals surface area contributed by atoms with Gasteiger partial charge >= 0.3 is 11.9 Å². The number of hydrogen-bond acceptors (Lipinski definition) is 4. The van der Waals surface area contributed by atoms with Crippen molar-refractivity contribution in [2.24, 2.45) is 5.92 Å². The highest BCUT2D eigenvalue weighted by atomic mass is 16.5. The third-order valence-corrected chi connectivity index (χ3v) is 7.68. The molecule has 6 heteroatoms. The predicted octanol–water partition coefficient (Wildman–Crippen LogP) is 9.53. The number of nitrogens with one attached hydrogen (secondary N) is 1. The third kappa shape index (κ3) is 28.0. The van der Waals surface area contributed by atoms with Crippen LogP contribution in [0.4, 0.5) is 0 Å². The van der Waals surface area contributed by atoms with Crippen molar-refractivity contribution in [3.8, 4) is 0 Å². The first-order valence-electron chi connectivity index (χ1n) is 17.0. The zero-order valence-corrected chi connectivity index (χ0v) is 26.6.